The first-order valence-corrected chi connectivity index (χ1v) is 10.3. The number of carbonyl (C=O) groups excluding carboxylic acids is 2. The SMILES string of the molecule is O=C(NCC1CC1)[C@@H]1CC2(CCN(C(=O)c3ccn[nH]3)CC2)c2ccccc21. The van der Waals surface area contributed by atoms with Gasteiger partial charge in [-0.15, -0.1) is 0 Å². The van der Waals surface area contributed by atoms with Gasteiger partial charge in [0.15, 0.2) is 0 Å². The highest BCUT2D eigenvalue weighted by molar-refractivity contribution is 5.92. The number of nitrogens with zero attached hydrogens (tertiary/aromatic N) is 2. The number of hydrogen-bond acceptors (Lipinski definition) is 3. The summed E-state index contributed by atoms with van der Waals surface area (Å²) in [4.78, 5) is 27.4. The van der Waals surface area contributed by atoms with Crippen molar-refractivity contribution in [2.24, 2.45) is 5.92 Å². The third kappa shape index (κ3) is 3.01. The van der Waals surface area contributed by atoms with Gasteiger partial charge in [-0.3, -0.25) is 14.7 Å². The molecule has 146 valence electrons. The topological polar surface area (TPSA) is 78.1 Å². The van der Waals surface area contributed by atoms with Gasteiger partial charge in [-0.1, -0.05) is 24.3 Å². The van der Waals surface area contributed by atoms with E-state index in [2.05, 4.69) is 33.7 Å². The number of amides is 2. The fraction of sp³-hybridized carbons (Fsp3) is 0.500. The Morgan fingerprint density at radius 1 is 1.18 bits per heavy atom. The van der Waals surface area contributed by atoms with Gasteiger partial charge in [0.25, 0.3) is 5.91 Å². The number of nitrogens with one attached hydrogen (secondary N) is 2. The first kappa shape index (κ1) is 17.5. The minimum absolute atomic E-state index is 0.00292. The van der Waals surface area contributed by atoms with Crippen molar-refractivity contribution in [1.82, 2.24) is 20.4 Å². The molecule has 2 heterocycles. The molecule has 6 heteroatoms. The van der Waals surface area contributed by atoms with Crippen LogP contribution in [0, 0.1) is 5.92 Å². The zero-order valence-electron chi connectivity index (χ0n) is 16.0. The van der Waals surface area contributed by atoms with Crippen molar-refractivity contribution in [3.8, 4) is 0 Å². The lowest BCUT2D eigenvalue weighted by Crippen LogP contribution is -2.44. The first-order chi connectivity index (χ1) is 13.7. The summed E-state index contributed by atoms with van der Waals surface area (Å²) in [6.07, 6.45) is 6.75. The van der Waals surface area contributed by atoms with E-state index in [0.29, 0.717) is 24.7 Å². The summed E-state index contributed by atoms with van der Waals surface area (Å²) in [6, 6.07) is 10.1. The Hall–Kier alpha value is -2.63. The number of carbonyl (C=O) groups is 2. The lowest BCUT2D eigenvalue weighted by Gasteiger charge is -2.40. The quantitative estimate of drug-likeness (QED) is 0.858. The van der Waals surface area contributed by atoms with E-state index in [4.69, 9.17) is 0 Å². The van der Waals surface area contributed by atoms with Crippen LogP contribution in [0.15, 0.2) is 36.5 Å². The molecule has 2 fully saturated rings. The van der Waals surface area contributed by atoms with Crippen LogP contribution in [0.3, 0.4) is 0 Å². The first-order valence-electron chi connectivity index (χ1n) is 10.3. The predicted octanol–water partition coefficient (Wildman–Crippen LogP) is 2.60. The maximum atomic E-state index is 12.9. The van der Waals surface area contributed by atoms with Crippen LogP contribution in [0.25, 0.3) is 0 Å². The molecule has 0 radical (unpaired) electrons. The van der Waals surface area contributed by atoms with E-state index in [1.165, 1.54) is 24.0 Å². The van der Waals surface area contributed by atoms with Crippen molar-refractivity contribution < 1.29 is 9.59 Å². The Bertz CT molecular complexity index is 880. The number of likely N-dealkylation sites (tertiary alicyclic amines) is 1. The number of fused-ring (bicyclic) bond motifs is 2. The monoisotopic (exact) mass is 378 g/mol. The van der Waals surface area contributed by atoms with Gasteiger partial charge in [-0.25, -0.2) is 0 Å². The van der Waals surface area contributed by atoms with Crippen molar-refractivity contribution in [3.05, 3.63) is 53.3 Å². The standard InChI is InChI=1S/C22H26N4O2/c27-20(23-14-15-5-6-15)17-13-22(18-4-2-1-3-16(17)18)8-11-26(12-9-22)21(28)19-7-10-24-25-19/h1-4,7,10,15,17H,5-6,8-9,11-14H2,(H,23,27)(H,24,25)/t17-/m1/s1. The van der Waals surface area contributed by atoms with Crippen LogP contribution < -0.4 is 5.32 Å². The second-order valence-corrected chi connectivity index (χ2v) is 8.58. The van der Waals surface area contributed by atoms with Gasteiger partial charge in [-0.2, -0.15) is 5.10 Å². The summed E-state index contributed by atoms with van der Waals surface area (Å²) in [7, 11) is 0. The van der Waals surface area contributed by atoms with Crippen LogP contribution in [0.1, 0.15) is 59.6 Å². The van der Waals surface area contributed by atoms with Gasteiger partial charge in [-0.05, 0) is 55.2 Å². The molecular formula is C22H26N4O2. The van der Waals surface area contributed by atoms with Gasteiger partial charge in [0.2, 0.25) is 5.91 Å². The number of aromatic nitrogens is 2. The van der Waals surface area contributed by atoms with Crippen LogP contribution >= 0.6 is 0 Å². The summed E-state index contributed by atoms with van der Waals surface area (Å²) in [6.45, 7) is 2.24. The highest BCUT2D eigenvalue weighted by Crippen LogP contribution is 2.51. The largest absolute Gasteiger partial charge is 0.355 e. The highest BCUT2D eigenvalue weighted by atomic mass is 16.2. The highest BCUT2D eigenvalue weighted by Gasteiger charge is 2.48. The smallest absolute Gasteiger partial charge is 0.271 e. The number of hydrogen-bond donors (Lipinski definition) is 2. The second kappa shape index (κ2) is 6.76. The van der Waals surface area contributed by atoms with Crippen molar-refractivity contribution in [3.63, 3.8) is 0 Å². The summed E-state index contributed by atoms with van der Waals surface area (Å²) < 4.78 is 0. The molecule has 2 N–H and O–H groups in total. The van der Waals surface area contributed by atoms with E-state index >= 15 is 0 Å². The fourth-order valence-electron chi connectivity index (χ4n) is 4.98. The molecule has 1 atom stereocenters. The number of piperidine rings is 1. The summed E-state index contributed by atoms with van der Waals surface area (Å²) >= 11 is 0. The zero-order chi connectivity index (χ0) is 19.1. The Labute approximate surface area is 164 Å². The lowest BCUT2D eigenvalue weighted by molar-refractivity contribution is -0.122. The minimum atomic E-state index is -0.0650. The predicted molar refractivity (Wildman–Crippen MR) is 105 cm³/mol. The van der Waals surface area contributed by atoms with E-state index in [-0.39, 0.29) is 23.1 Å². The molecule has 3 aliphatic rings. The molecule has 0 bridgehead atoms. The Balaban J connectivity index is 1.32. The van der Waals surface area contributed by atoms with Crippen LogP contribution in [-0.4, -0.2) is 46.5 Å². The van der Waals surface area contributed by atoms with Crippen LogP contribution in [0.4, 0.5) is 0 Å². The third-order valence-corrected chi connectivity index (χ3v) is 6.82. The van der Waals surface area contributed by atoms with E-state index in [1.54, 1.807) is 12.3 Å². The molecule has 2 amide bonds. The van der Waals surface area contributed by atoms with Gasteiger partial charge in [0, 0.05) is 31.2 Å². The molecule has 0 unspecified atom stereocenters. The van der Waals surface area contributed by atoms with Gasteiger partial charge < -0.3 is 10.2 Å². The maximum absolute atomic E-state index is 12.9. The van der Waals surface area contributed by atoms with Gasteiger partial charge in [0.05, 0.1) is 5.92 Å². The van der Waals surface area contributed by atoms with Crippen LogP contribution in [0.5, 0.6) is 0 Å². The van der Waals surface area contributed by atoms with E-state index in [9.17, 15) is 9.59 Å². The number of aromatic amines is 1. The van der Waals surface area contributed by atoms with E-state index in [1.807, 2.05) is 11.0 Å². The molecule has 1 aromatic heterocycles. The molecule has 1 spiro atoms. The number of benzene rings is 1. The summed E-state index contributed by atoms with van der Waals surface area (Å²) in [5, 5.41) is 9.83. The Kier molecular flexibility index (Phi) is 4.22. The second-order valence-electron chi connectivity index (χ2n) is 8.58. The van der Waals surface area contributed by atoms with Gasteiger partial charge >= 0.3 is 0 Å². The Morgan fingerprint density at radius 3 is 2.68 bits per heavy atom. The molecule has 1 aliphatic heterocycles. The lowest BCUT2D eigenvalue weighted by atomic mass is 9.73. The molecule has 1 saturated carbocycles. The Morgan fingerprint density at radius 2 is 1.96 bits per heavy atom. The molecule has 2 aromatic rings. The van der Waals surface area contributed by atoms with Crippen molar-refractivity contribution in [2.75, 3.05) is 19.6 Å². The normalized spacial score (nSPS) is 22.9. The molecule has 1 aromatic carbocycles. The summed E-state index contributed by atoms with van der Waals surface area (Å²) in [5.41, 5.74) is 3.04. The molecule has 6 nitrogen and oxygen atoms in total. The number of H-pyrrole nitrogens is 1. The zero-order valence-corrected chi connectivity index (χ0v) is 16.0. The molecular weight excluding hydrogens is 352 g/mol. The number of rotatable bonds is 4. The van der Waals surface area contributed by atoms with Crippen LogP contribution in [0.2, 0.25) is 0 Å². The average molecular weight is 378 g/mol. The molecule has 1 saturated heterocycles. The average Bonchev–Trinajstić information content (AvgIpc) is 3.29. The summed E-state index contributed by atoms with van der Waals surface area (Å²) in [5.74, 6) is 0.806. The molecule has 2 aliphatic carbocycles. The van der Waals surface area contributed by atoms with Crippen molar-refractivity contribution in [2.45, 2.75) is 43.4 Å². The maximum Gasteiger partial charge on any atom is 0.271 e. The molecule has 28 heavy (non-hydrogen) atoms. The van der Waals surface area contributed by atoms with Crippen LogP contribution in [-0.2, 0) is 10.2 Å². The third-order valence-electron chi connectivity index (χ3n) is 6.82. The molecule has 5 rings (SSSR count). The van der Waals surface area contributed by atoms with E-state index in [0.717, 1.165) is 25.8 Å². The minimum Gasteiger partial charge on any atom is -0.355 e. The van der Waals surface area contributed by atoms with Gasteiger partial charge in [0.1, 0.15) is 5.69 Å². The van der Waals surface area contributed by atoms with E-state index < -0.39 is 0 Å². The van der Waals surface area contributed by atoms with Crippen molar-refractivity contribution in [1.29, 1.82) is 0 Å². The fourth-order valence-corrected chi connectivity index (χ4v) is 4.98. The van der Waals surface area contributed by atoms with Crippen molar-refractivity contribution >= 4 is 11.8 Å².